The molecule has 0 spiro atoms. The molecule has 57 heavy (non-hydrogen) atoms. The van der Waals surface area contributed by atoms with E-state index in [0.717, 1.165) is 11.4 Å². The van der Waals surface area contributed by atoms with Crippen LogP contribution in [0.5, 0.6) is 0 Å². The van der Waals surface area contributed by atoms with Gasteiger partial charge in [-0.25, -0.2) is 0 Å². The van der Waals surface area contributed by atoms with Crippen LogP contribution < -0.4 is 20.7 Å². The quantitative estimate of drug-likeness (QED) is 0.114. The minimum absolute atomic E-state index is 1.15. The first-order valence-corrected chi connectivity index (χ1v) is 21.7. The summed E-state index contributed by atoms with van der Waals surface area (Å²) in [7, 11) is -2.79. The minimum Gasteiger partial charge on any atom is -0.309 e. The second kappa shape index (κ2) is 13.5. The first-order valence-electron chi connectivity index (χ1n) is 19.7. The number of hydrogen-bond acceptors (Lipinski definition) is 0. The molecule has 0 saturated heterocycles. The Morgan fingerprint density at radius 2 is 0.719 bits per heavy atom. The van der Waals surface area contributed by atoms with Gasteiger partial charge in [0.15, 0.2) is 8.07 Å². The lowest BCUT2D eigenvalue weighted by molar-refractivity contribution is 1.17. The highest BCUT2D eigenvalue weighted by Crippen LogP contribution is 2.46. The Balaban J connectivity index is 1.32. The Bertz CT molecular complexity index is 3110. The first kappa shape index (κ1) is 33.2. The van der Waals surface area contributed by atoms with Crippen LogP contribution in [0.3, 0.4) is 0 Å². The molecule has 2 aromatic heterocycles. The maximum absolute atomic E-state index is 2.79. The molecule has 0 fully saturated rings. The van der Waals surface area contributed by atoms with Gasteiger partial charge < -0.3 is 9.13 Å². The first-order chi connectivity index (χ1) is 28.3. The van der Waals surface area contributed by atoms with E-state index in [9.17, 15) is 0 Å². The van der Waals surface area contributed by atoms with Gasteiger partial charge in [0.05, 0.1) is 22.1 Å². The molecule has 0 saturated carbocycles. The predicted molar refractivity (Wildman–Crippen MR) is 244 cm³/mol. The second-order valence-corrected chi connectivity index (χ2v) is 18.7. The van der Waals surface area contributed by atoms with E-state index >= 15 is 0 Å². The zero-order valence-corrected chi connectivity index (χ0v) is 32.3. The van der Waals surface area contributed by atoms with Gasteiger partial charge in [-0.2, -0.15) is 0 Å². The summed E-state index contributed by atoms with van der Waals surface area (Å²) in [6, 6.07) is 85.2. The van der Waals surface area contributed by atoms with Crippen molar-refractivity contribution in [1.29, 1.82) is 0 Å². The number of benzene rings is 9. The van der Waals surface area contributed by atoms with Crippen molar-refractivity contribution in [2.45, 2.75) is 0 Å². The van der Waals surface area contributed by atoms with Crippen LogP contribution in [-0.2, 0) is 0 Å². The fourth-order valence-corrected chi connectivity index (χ4v) is 14.3. The molecular weight excluding hydrogens is 705 g/mol. The van der Waals surface area contributed by atoms with Gasteiger partial charge in [0.1, 0.15) is 0 Å². The van der Waals surface area contributed by atoms with Gasteiger partial charge in [0.25, 0.3) is 0 Å². The molecule has 2 nitrogen and oxygen atoms in total. The maximum atomic E-state index is 2.52. The highest BCUT2D eigenvalue weighted by Gasteiger charge is 2.41. The van der Waals surface area contributed by atoms with Gasteiger partial charge in [0.2, 0.25) is 0 Å². The molecule has 11 aromatic rings. The van der Waals surface area contributed by atoms with Gasteiger partial charge in [0, 0.05) is 32.9 Å². The zero-order valence-electron chi connectivity index (χ0n) is 31.3. The lowest BCUT2D eigenvalue weighted by Crippen LogP contribution is -2.74. The van der Waals surface area contributed by atoms with Crippen LogP contribution in [-0.4, -0.2) is 17.2 Å². The van der Waals surface area contributed by atoms with Crippen LogP contribution >= 0.6 is 0 Å². The summed E-state index contributed by atoms with van der Waals surface area (Å²) in [6.07, 6.45) is 0. The van der Waals surface area contributed by atoms with Crippen LogP contribution in [0.1, 0.15) is 0 Å². The van der Waals surface area contributed by atoms with Crippen molar-refractivity contribution in [3.63, 3.8) is 0 Å². The summed E-state index contributed by atoms with van der Waals surface area (Å²) < 4.78 is 4.96. The number of fused-ring (bicyclic) bond motifs is 7. The van der Waals surface area contributed by atoms with Crippen molar-refractivity contribution >= 4 is 72.4 Å². The van der Waals surface area contributed by atoms with Crippen LogP contribution in [0.15, 0.2) is 231 Å². The Morgan fingerprint density at radius 1 is 0.298 bits per heavy atom. The average Bonchev–Trinajstić information content (AvgIpc) is 3.81. The average molecular weight is 743 g/mol. The molecule has 0 aliphatic heterocycles. The normalized spacial score (nSPS) is 11.9. The third kappa shape index (κ3) is 5.10. The van der Waals surface area contributed by atoms with E-state index in [1.807, 2.05) is 0 Å². The largest absolute Gasteiger partial charge is 0.309 e. The van der Waals surface area contributed by atoms with Gasteiger partial charge in [-0.05, 0) is 74.3 Å². The Hall–Kier alpha value is -7.20. The molecule has 0 radical (unpaired) electrons. The van der Waals surface area contributed by atoms with E-state index in [-0.39, 0.29) is 0 Å². The Morgan fingerprint density at radius 3 is 1.26 bits per heavy atom. The van der Waals surface area contributed by atoms with E-state index in [1.54, 1.807) is 0 Å². The van der Waals surface area contributed by atoms with Gasteiger partial charge in [-0.3, -0.25) is 0 Å². The van der Waals surface area contributed by atoms with Gasteiger partial charge in [-0.1, -0.05) is 188 Å². The molecule has 3 heteroatoms. The Labute approximate surface area is 333 Å². The van der Waals surface area contributed by atoms with Crippen LogP contribution in [0.2, 0.25) is 0 Å². The van der Waals surface area contributed by atoms with Crippen LogP contribution in [0.25, 0.3) is 66.1 Å². The zero-order chi connectivity index (χ0) is 37.8. The molecule has 0 amide bonds. The molecule has 9 aromatic carbocycles. The number of hydrogen-bond donors (Lipinski definition) is 0. The minimum atomic E-state index is -2.79. The molecule has 0 atom stereocenters. The standard InChI is InChI=1S/C54H38N2Si/c1-6-22-40(23-7-1)55-49-35-18-17-34-47(49)53-51(55)38-48(52-46-33-16-19-36-50(46)56(54(52)53)41-24-8-2-9-25-41)39-21-20-32-45(37-39)57(42-26-10-3-11-27-42,43-28-12-4-13-29-43)44-30-14-5-15-31-44/h1-38H. The topological polar surface area (TPSA) is 9.86 Å². The molecule has 268 valence electrons. The molecule has 0 unspecified atom stereocenters. The highest BCUT2D eigenvalue weighted by molar-refractivity contribution is 7.19. The molecule has 0 aliphatic carbocycles. The second-order valence-electron chi connectivity index (χ2n) is 14.8. The molecular formula is C54H38N2Si. The maximum Gasteiger partial charge on any atom is 0.179 e. The van der Waals surface area contributed by atoms with Crippen molar-refractivity contribution < 1.29 is 0 Å². The summed E-state index contributed by atoms with van der Waals surface area (Å²) >= 11 is 0. The van der Waals surface area contributed by atoms with Gasteiger partial charge in [-0.15, -0.1) is 0 Å². The SMILES string of the molecule is c1ccc(-n2c3ccccc3c3c2cc(-c2cccc([Si](c4ccccc4)(c4ccccc4)c4ccccc4)c2)c2c4ccccc4n(-c4ccccc4)c23)cc1. The van der Waals surface area contributed by atoms with Crippen molar-refractivity contribution in [3.05, 3.63) is 231 Å². The number of rotatable bonds is 7. The summed E-state index contributed by atoms with van der Waals surface area (Å²) in [6.45, 7) is 0. The summed E-state index contributed by atoms with van der Waals surface area (Å²) in [5, 5.41) is 10.5. The number of nitrogens with zero attached hydrogens (tertiary/aromatic N) is 2. The molecule has 0 bridgehead atoms. The molecule has 0 aliphatic rings. The van der Waals surface area contributed by atoms with E-state index < -0.39 is 8.07 Å². The van der Waals surface area contributed by atoms with E-state index in [4.69, 9.17) is 0 Å². The van der Waals surface area contributed by atoms with Crippen LogP contribution in [0.4, 0.5) is 0 Å². The summed E-state index contributed by atoms with van der Waals surface area (Å²) in [4.78, 5) is 0. The van der Waals surface area contributed by atoms with Crippen LogP contribution in [0, 0.1) is 0 Å². The van der Waals surface area contributed by atoms with Gasteiger partial charge >= 0.3 is 0 Å². The van der Waals surface area contributed by atoms with E-state index in [0.29, 0.717) is 0 Å². The fourth-order valence-electron chi connectivity index (χ4n) is 9.52. The summed E-state index contributed by atoms with van der Waals surface area (Å²) in [5.41, 5.74) is 9.53. The van der Waals surface area contributed by atoms with E-state index in [2.05, 4.69) is 240 Å². The van der Waals surface area contributed by atoms with Crippen molar-refractivity contribution in [2.24, 2.45) is 0 Å². The third-order valence-corrected chi connectivity index (χ3v) is 16.6. The molecule has 11 rings (SSSR count). The Kier molecular flexibility index (Phi) is 7.87. The number of aromatic nitrogens is 2. The molecule has 0 N–H and O–H groups in total. The lowest BCUT2D eigenvalue weighted by atomic mass is 9.96. The lowest BCUT2D eigenvalue weighted by Gasteiger charge is -2.34. The highest BCUT2D eigenvalue weighted by atomic mass is 28.3. The van der Waals surface area contributed by atoms with Crippen molar-refractivity contribution in [2.75, 3.05) is 0 Å². The van der Waals surface area contributed by atoms with E-state index in [1.165, 1.54) is 75.5 Å². The third-order valence-electron chi connectivity index (χ3n) is 11.8. The molecule has 2 heterocycles. The fraction of sp³-hybridized carbons (Fsp3) is 0. The van der Waals surface area contributed by atoms with Crippen molar-refractivity contribution in [1.82, 2.24) is 9.13 Å². The smallest absolute Gasteiger partial charge is 0.179 e. The predicted octanol–water partition coefficient (Wildman–Crippen LogP) is 10.9. The monoisotopic (exact) mass is 742 g/mol. The number of para-hydroxylation sites is 4. The summed E-state index contributed by atoms with van der Waals surface area (Å²) in [5.74, 6) is 0. The van der Waals surface area contributed by atoms with Crippen molar-refractivity contribution in [3.8, 4) is 22.5 Å².